The Morgan fingerprint density at radius 1 is 0.773 bits per heavy atom. The van der Waals surface area contributed by atoms with Crippen LogP contribution < -0.4 is 0 Å². The van der Waals surface area contributed by atoms with Crippen LogP contribution in [-0.4, -0.2) is 16.4 Å². The molecule has 0 saturated carbocycles. The van der Waals surface area contributed by atoms with Gasteiger partial charge in [0.2, 0.25) is 0 Å². The van der Waals surface area contributed by atoms with Gasteiger partial charge in [0, 0.05) is 0 Å². The average Bonchev–Trinajstić information content (AvgIpc) is 2.48. The smallest absolute Gasteiger partial charge is 0.265 e. The summed E-state index contributed by atoms with van der Waals surface area (Å²) in [7, 11) is 0. The summed E-state index contributed by atoms with van der Waals surface area (Å²) in [5.74, 6) is 0. The number of hydrogen-bond donors (Lipinski definition) is 0. The van der Waals surface area contributed by atoms with Crippen LogP contribution in [0.25, 0.3) is 0 Å². The summed E-state index contributed by atoms with van der Waals surface area (Å²) in [5, 5.41) is 0. The molecule has 0 bridgehead atoms. The third-order valence-corrected chi connectivity index (χ3v) is 4.19. The van der Waals surface area contributed by atoms with Crippen molar-refractivity contribution >= 4 is 11.4 Å². The molecule has 118 valence electrons. The van der Waals surface area contributed by atoms with Crippen molar-refractivity contribution in [3.63, 3.8) is 0 Å². The first-order valence-electron chi connectivity index (χ1n) is 7.47. The first-order valence-corrected chi connectivity index (χ1v) is 8.47. The minimum absolute atomic E-state index is 0.160. The zero-order chi connectivity index (χ0) is 15.8. The van der Waals surface area contributed by atoms with Gasteiger partial charge in [-0.15, -0.1) is 0 Å². The van der Waals surface area contributed by atoms with Crippen molar-refractivity contribution in [2.45, 2.75) is 38.9 Å². The Balaban J connectivity index is 1.75. The molecule has 22 heavy (non-hydrogen) atoms. The van der Waals surface area contributed by atoms with Gasteiger partial charge >= 0.3 is 11.4 Å². The molecular weight excluding hydrogens is 296 g/mol. The Labute approximate surface area is 135 Å². The van der Waals surface area contributed by atoms with Crippen molar-refractivity contribution in [2.24, 2.45) is 0 Å². The molecule has 0 aliphatic rings. The van der Waals surface area contributed by atoms with Crippen LogP contribution in [0.4, 0.5) is 0 Å². The molecule has 0 aliphatic heterocycles. The molecule has 2 rings (SSSR count). The standard InChI is InChI=1S/C18H22O3S/c1-15(13-17-9-5-3-6-10-17)20-22(19)21-16(2)14-18-11-7-4-8-12-18/h3-12,15-16H,13-14H2,1-2H3. The summed E-state index contributed by atoms with van der Waals surface area (Å²) in [4.78, 5) is 0. The van der Waals surface area contributed by atoms with Crippen LogP contribution >= 0.6 is 0 Å². The van der Waals surface area contributed by atoms with Crippen molar-refractivity contribution in [3.05, 3.63) is 71.8 Å². The lowest BCUT2D eigenvalue weighted by Crippen LogP contribution is -2.20. The molecule has 2 unspecified atom stereocenters. The molecule has 0 N–H and O–H groups in total. The Morgan fingerprint density at radius 2 is 1.14 bits per heavy atom. The molecule has 2 aromatic carbocycles. The third-order valence-electron chi connectivity index (χ3n) is 3.22. The molecule has 3 nitrogen and oxygen atoms in total. The van der Waals surface area contributed by atoms with Gasteiger partial charge in [-0.25, -0.2) is 0 Å². The number of hydrogen-bond acceptors (Lipinski definition) is 3. The minimum Gasteiger partial charge on any atom is -0.265 e. The van der Waals surface area contributed by atoms with Crippen LogP contribution in [0, 0.1) is 0 Å². The second-order valence-electron chi connectivity index (χ2n) is 5.40. The number of benzene rings is 2. The second-order valence-corrected chi connectivity index (χ2v) is 6.19. The van der Waals surface area contributed by atoms with E-state index in [2.05, 4.69) is 0 Å². The molecule has 0 aliphatic carbocycles. The van der Waals surface area contributed by atoms with Crippen LogP contribution in [0.1, 0.15) is 25.0 Å². The highest BCUT2D eigenvalue weighted by atomic mass is 32.2. The van der Waals surface area contributed by atoms with Crippen molar-refractivity contribution in [3.8, 4) is 0 Å². The Morgan fingerprint density at radius 3 is 1.50 bits per heavy atom. The monoisotopic (exact) mass is 318 g/mol. The van der Waals surface area contributed by atoms with E-state index in [9.17, 15) is 4.21 Å². The maximum atomic E-state index is 11.9. The Hall–Kier alpha value is -1.49. The maximum Gasteiger partial charge on any atom is 0.305 e. The van der Waals surface area contributed by atoms with E-state index in [-0.39, 0.29) is 12.2 Å². The van der Waals surface area contributed by atoms with Crippen LogP contribution in [0.5, 0.6) is 0 Å². The molecular formula is C18H22O3S. The molecule has 2 atom stereocenters. The summed E-state index contributed by atoms with van der Waals surface area (Å²) >= 11 is -1.73. The van der Waals surface area contributed by atoms with E-state index in [1.54, 1.807) is 0 Å². The Kier molecular flexibility index (Phi) is 6.77. The largest absolute Gasteiger partial charge is 0.305 e. The zero-order valence-corrected chi connectivity index (χ0v) is 13.8. The van der Waals surface area contributed by atoms with E-state index in [1.807, 2.05) is 74.5 Å². The van der Waals surface area contributed by atoms with E-state index in [0.29, 0.717) is 12.8 Å². The van der Waals surface area contributed by atoms with Gasteiger partial charge in [0.05, 0.1) is 12.2 Å². The van der Waals surface area contributed by atoms with Crippen molar-refractivity contribution < 1.29 is 12.6 Å². The summed E-state index contributed by atoms with van der Waals surface area (Å²) in [6, 6.07) is 20.0. The second kappa shape index (κ2) is 8.83. The third kappa shape index (κ3) is 6.10. The fourth-order valence-electron chi connectivity index (χ4n) is 2.25. The lowest BCUT2D eigenvalue weighted by atomic mass is 10.1. The van der Waals surface area contributed by atoms with Gasteiger partial charge in [-0.3, -0.25) is 8.37 Å². The molecule has 0 saturated heterocycles. The number of rotatable bonds is 8. The van der Waals surface area contributed by atoms with Crippen LogP contribution in [0.15, 0.2) is 60.7 Å². The summed E-state index contributed by atoms with van der Waals surface area (Å²) in [5.41, 5.74) is 2.31. The van der Waals surface area contributed by atoms with E-state index in [1.165, 1.54) is 0 Å². The van der Waals surface area contributed by atoms with Gasteiger partial charge in [-0.2, -0.15) is 4.21 Å². The first kappa shape index (κ1) is 16.9. The molecule has 4 heteroatoms. The lowest BCUT2D eigenvalue weighted by molar-refractivity contribution is 0.163. The maximum absolute atomic E-state index is 11.9. The van der Waals surface area contributed by atoms with Gasteiger partial charge in [-0.05, 0) is 37.8 Å². The normalized spacial score (nSPS) is 15.2. The Bertz CT molecular complexity index is 520. The minimum atomic E-state index is -1.73. The van der Waals surface area contributed by atoms with E-state index >= 15 is 0 Å². The fraction of sp³-hybridized carbons (Fsp3) is 0.333. The fourth-order valence-corrected chi connectivity index (χ4v) is 2.97. The van der Waals surface area contributed by atoms with E-state index < -0.39 is 11.4 Å². The highest BCUT2D eigenvalue weighted by Crippen LogP contribution is 2.11. The van der Waals surface area contributed by atoms with Gasteiger partial charge in [0.25, 0.3) is 0 Å². The average molecular weight is 318 g/mol. The zero-order valence-electron chi connectivity index (χ0n) is 13.0. The van der Waals surface area contributed by atoms with Crippen molar-refractivity contribution in [1.82, 2.24) is 0 Å². The van der Waals surface area contributed by atoms with Crippen molar-refractivity contribution in [1.29, 1.82) is 0 Å². The van der Waals surface area contributed by atoms with Crippen LogP contribution in [0.2, 0.25) is 0 Å². The van der Waals surface area contributed by atoms with Crippen LogP contribution in [0.3, 0.4) is 0 Å². The van der Waals surface area contributed by atoms with Crippen molar-refractivity contribution in [2.75, 3.05) is 0 Å². The van der Waals surface area contributed by atoms with Gasteiger partial charge in [0.1, 0.15) is 0 Å². The van der Waals surface area contributed by atoms with Gasteiger partial charge in [-0.1, -0.05) is 60.7 Å². The predicted octanol–water partition coefficient (Wildman–Crippen LogP) is 3.86. The molecule has 0 fully saturated rings. The predicted molar refractivity (Wildman–Crippen MR) is 89.5 cm³/mol. The van der Waals surface area contributed by atoms with Crippen LogP contribution in [-0.2, 0) is 32.6 Å². The summed E-state index contributed by atoms with van der Waals surface area (Å²) in [6.45, 7) is 3.80. The van der Waals surface area contributed by atoms with E-state index in [4.69, 9.17) is 8.37 Å². The molecule has 0 amide bonds. The van der Waals surface area contributed by atoms with Gasteiger partial charge in [0.15, 0.2) is 0 Å². The SMILES string of the molecule is CC(Cc1ccccc1)OS(=O)OC(C)Cc1ccccc1. The highest BCUT2D eigenvalue weighted by Gasteiger charge is 2.14. The molecule has 0 spiro atoms. The molecule has 2 aromatic rings. The quantitative estimate of drug-likeness (QED) is 0.741. The van der Waals surface area contributed by atoms with Gasteiger partial charge < -0.3 is 0 Å². The lowest BCUT2D eigenvalue weighted by Gasteiger charge is -2.15. The highest BCUT2D eigenvalue weighted by molar-refractivity contribution is 7.75. The summed E-state index contributed by atoms with van der Waals surface area (Å²) < 4.78 is 22.7. The molecule has 0 radical (unpaired) electrons. The topological polar surface area (TPSA) is 35.5 Å². The van der Waals surface area contributed by atoms with E-state index in [0.717, 1.165) is 11.1 Å². The molecule has 0 heterocycles. The first-order chi connectivity index (χ1) is 10.6. The summed E-state index contributed by atoms with van der Waals surface area (Å²) in [6.07, 6.45) is 1.10. The molecule has 0 aromatic heterocycles.